The molecule has 0 saturated heterocycles. The number of fused-ring (bicyclic) bond motifs is 1. The van der Waals surface area contributed by atoms with Crippen LogP contribution in [-0.4, -0.2) is 21.0 Å². The lowest BCUT2D eigenvalue weighted by Crippen LogP contribution is -2.19. The Kier molecular flexibility index (Phi) is 3.14. The third-order valence-corrected chi connectivity index (χ3v) is 2.80. The molecule has 1 atom stereocenters. The summed E-state index contributed by atoms with van der Waals surface area (Å²) in [6.45, 7) is 0. The van der Waals surface area contributed by atoms with Gasteiger partial charge < -0.3 is 10.8 Å². The highest BCUT2D eigenvalue weighted by Gasteiger charge is 2.17. The highest BCUT2D eigenvalue weighted by molar-refractivity contribution is 5.67. The van der Waals surface area contributed by atoms with Gasteiger partial charge in [-0.3, -0.25) is 14.8 Å². The van der Waals surface area contributed by atoms with Gasteiger partial charge in [0.05, 0.1) is 35.7 Å². The van der Waals surface area contributed by atoms with E-state index in [2.05, 4.69) is 9.97 Å². The zero-order valence-electron chi connectivity index (χ0n) is 9.02. The van der Waals surface area contributed by atoms with E-state index in [0.717, 1.165) is 37.1 Å². The van der Waals surface area contributed by atoms with Crippen molar-refractivity contribution in [3.63, 3.8) is 0 Å². The topological polar surface area (TPSA) is 89.1 Å². The third kappa shape index (κ3) is 2.36. The summed E-state index contributed by atoms with van der Waals surface area (Å²) in [6, 6.07) is -0.558. The van der Waals surface area contributed by atoms with Crippen LogP contribution in [0.1, 0.15) is 42.4 Å². The summed E-state index contributed by atoms with van der Waals surface area (Å²) < 4.78 is 0. The number of nitrogens with two attached hydrogens (primary N) is 1. The van der Waals surface area contributed by atoms with Crippen molar-refractivity contribution in [2.24, 2.45) is 5.73 Å². The predicted molar refractivity (Wildman–Crippen MR) is 57.9 cm³/mol. The molecule has 0 spiro atoms. The number of aryl methyl sites for hydroxylation is 2. The Morgan fingerprint density at radius 3 is 2.81 bits per heavy atom. The average molecular weight is 221 g/mol. The predicted octanol–water partition coefficient (Wildman–Crippen LogP) is 0.830. The standard InChI is InChI=1S/C11H15N3O2/c12-7(5-11(15)16)10-6-13-8-3-1-2-4-9(8)14-10/h6-7H,1-5,12H2,(H,15,16). The maximum atomic E-state index is 10.5. The smallest absolute Gasteiger partial charge is 0.305 e. The monoisotopic (exact) mass is 221 g/mol. The van der Waals surface area contributed by atoms with Crippen LogP contribution in [-0.2, 0) is 17.6 Å². The molecule has 1 aromatic heterocycles. The van der Waals surface area contributed by atoms with E-state index in [-0.39, 0.29) is 6.42 Å². The second-order valence-electron chi connectivity index (χ2n) is 4.10. The first-order valence-electron chi connectivity index (χ1n) is 5.49. The highest BCUT2D eigenvalue weighted by atomic mass is 16.4. The van der Waals surface area contributed by atoms with Crippen LogP contribution in [0.3, 0.4) is 0 Å². The molecule has 2 rings (SSSR count). The van der Waals surface area contributed by atoms with Gasteiger partial charge in [-0.05, 0) is 25.7 Å². The summed E-state index contributed by atoms with van der Waals surface area (Å²) >= 11 is 0. The Labute approximate surface area is 93.7 Å². The number of aliphatic carboxylic acids is 1. The van der Waals surface area contributed by atoms with Crippen LogP contribution in [0.4, 0.5) is 0 Å². The molecule has 0 radical (unpaired) electrons. The minimum Gasteiger partial charge on any atom is -0.481 e. The maximum Gasteiger partial charge on any atom is 0.305 e. The molecule has 0 aromatic carbocycles. The van der Waals surface area contributed by atoms with Crippen molar-refractivity contribution < 1.29 is 9.90 Å². The zero-order chi connectivity index (χ0) is 11.5. The fourth-order valence-corrected chi connectivity index (χ4v) is 1.93. The average Bonchev–Trinajstić information content (AvgIpc) is 2.27. The number of carboxylic acid groups (broad SMARTS) is 1. The van der Waals surface area contributed by atoms with Crippen molar-refractivity contribution in [1.29, 1.82) is 0 Å². The lowest BCUT2D eigenvalue weighted by atomic mass is 10.00. The zero-order valence-corrected chi connectivity index (χ0v) is 9.02. The normalized spacial score (nSPS) is 16.6. The Morgan fingerprint density at radius 1 is 1.44 bits per heavy atom. The van der Waals surface area contributed by atoms with Gasteiger partial charge in [-0.2, -0.15) is 0 Å². The second kappa shape index (κ2) is 4.57. The van der Waals surface area contributed by atoms with Crippen molar-refractivity contribution in [2.45, 2.75) is 38.1 Å². The van der Waals surface area contributed by atoms with Gasteiger partial charge >= 0.3 is 5.97 Å². The van der Waals surface area contributed by atoms with E-state index >= 15 is 0 Å². The molecule has 0 bridgehead atoms. The molecule has 1 unspecified atom stereocenters. The molecule has 1 heterocycles. The summed E-state index contributed by atoms with van der Waals surface area (Å²) in [6.07, 6.45) is 5.68. The van der Waals surface area contributed by atoms with Crippen LogP contribution in [0.15, 0.2) is 6.20 Å². The van der Waals surface area contributed by atoms with Gasteiger partial charge in [0.15, 0.2) is 0 Å². The molecular weight excluding hydrogens is 206 g/mol. The van der Waals surface area contributed by atoms with Crippen molar-refractivity contribution in [3.8, 4) is 0 Å². The van der Waals surface area contributed by atoms with Crippen LogP contribution in [0, 0.1) is 0 Å². The Bertz CT molecular complexity index is 406. The molecule has 16 heavy (non-hydrogen) atoms. The van der Waals surface area contributed by atoms with E-state index in [1.54, 1.807) is 6.20 Å². The van der Waals surface area contributed by atoms with E-state index < -0.39 is 12.0 Å². The van der Waals surface area contributed by atoms with Crippen molar-refractivity contribution >= 4 is 5.97 Å². The SMILES string of the molecule is NC(CC(=O)O)c1cnc2c(n1)CCCC2. The summed E-state index contributed by atoms with van der Waals surface area (Å²) in [5.74, 6) is -0.910. The van der Waals surface area contributed by atoms with Gasteiger partial charge in [-0.15, -0.1) is 0 Å². The fraction of sp³-hybridized carbons (Fsp3) is 0.545. The van der Waals surface area contributed by atoms with E-state index in [1.165, 1.54) is 0 Å². The number of aromatic nitrogens is 2. The van der Waals surface area contributed by atoms with Gasteiger partial charge in [-0.25, -0.2) is 0 Å². The number of nitrogens with zero attached hydrogens (tertiary/aromatic N) is 2. The molecule has 0 saturated carbocycles. The molecule has 0 amide bonds. The molecule has 0 fully saturated rings. The van der Waals surface area contributed by atoms with Crippen LogP contribution in [0.25, 0.3) is 0 Å². The number of rotatable bonds is 3. The lowest BCUT2D eigenvalue weighted by Gasteiger charge is -2.16. The van der Waals surface area contributed by atoms with Gasteiger partial charge in [0.1, 0.15) is 0 Å². The molecule has 5 nitrogen and oxygen atoms in total. The van der Waals surface area contributed by atoms with Crippen LogP contribution in [0.5, 0.6) is 0 Å². The van der Waals surface area contributed by atoms with E-state index in [4.69, 9.17) is 10.8 Å². The summed E-state index contributed by atoms with van der Waals surface area (Å²) in [5.41, 5.74) is 8.36. The Balaban J connectivity index is 2.19. The highest BCUT2D eigenvalue weighted by Crippen LogP contribution is 2.19. The second-order valence-corrected chi connectivity index (χ2v) is 4.10. The number of hydrogen-bond donors (Lipinski definition) is 2. The van der Waals surface area contributed by atoms with Gasteiger partial charge in [-0.1, -0.05) is 0 Å². The Hall–Kier alpha value is -1.49. The quantitative estimate of drug-likeness (QED) is 0.789. The number of carbonyl (C=O) groups is 1. The third-order valence-electron chi connectivity index (χ3n) is 2.80. The van der Waals surface area contributed by atoms with Gasteiger partial charge in [0, 0.05) is 0 Å². The molecule has 86 valence electrons. The van der Waals surface area contributed by atoms with Crippen molar-refractivity contribution in [1.82, 2.24) is 9.97 Å². The van der Waals surface area contributed by atoms with Crippen molar-refractivity contribution in [2.75, 3.05) is 0 Å². The molecule has 1 aliphatic carbocycles. The number of carboxylic acids is 1. The molecule has 1 aliphatic rings. The van der Waals surface area contributed by atoms with E-state index in [1.807, 2.05) is 0 Å². The Morgan fingerprint density at radius 2 is 2.12 bits per heavy atom. The molecular formula is C11H15N3O2. The molecule has 1 aromatic rings. The first kappa shape index (κ1) is 11.0. The first-order chi connectivity index (χ1) is 7.66. The summed E-state index contributed by atoms with van der Waals surface area (Å²) in [5, 5.41) is 8.66. The fourth-order valence-electron chi connectivity index (χ4n) is 1.93. The van der Waals surface area contributed by atoms with Crippen LogP contribution < -0.4 is 5.73 Å². The largest absolute Gasteiger partial charge is 0.481 e. The maximum absolute atomic E-state index is 10.5. The van der Waals surface area contributed by atoms with Crippen LogP contribution in [0.2, 0.25) is 0 Å². The van der Waals surface area contributed by atoms with Crippen LogP contribution >= 0.6 is 0 Å². The minimum atomic E-state index is -0.910. The summed E-state index contributed by atoms with van der Waals surface area (Å²) in [7, 11) is 0. The van der Waals surface area contributed by atoms with E-state index in [0.29, 0.717) is 5.69 Å². The molecule has 0 aliphatic heterocycles. The van der Waals surface area contributed by atoms with Gasteiger partial charge in [0.2, 0.25) is 0 Å². The first-order valence-corrected chi connectivity index (χ1v) is 5.49. The van der Waals surface area contributed by atoms with Crippen molar-refractivity contribution in [3.05, 3.63) is 23.3 Å². The lowest BCUT2D eigenvalue weighted by molar-refractivity contribution is -0.137. The van der Waals surface area contributed by atoms with E-state index in [9.17, 15) is 4.79 Å². The number of hydrogen-bond acceptors (Lipinski definition) is 4. The van der Waals surface area contributed by atoms with Gasteiger partial charge in [0.25, 0.3) is 0 Å². The summed E-state index contributed by atoms with van der Waals surface area (Å²) in [4.78, 5) is 19.3. The molecule has 5 heteroatoms. The molecule has 3 N–H and O–H groups in total. The minimum absolute atomic E-state index is 0.104.